The van der Waals surface area contributed by atoms with E-state index in [0.29, 0.717) is 12.5 Å². The maximum absolute atomic E-state index is 12.2. The van der Waals surface area contributed by atoms with Crippen LogP contribution < -0.4 is 11.1 Å². The molecule has 1 aromatic carbocycles. The molecule has 1 atom stereocenters. The van der Waals surface area contributed by atoms with Crippen molar-refractivity contribution >= 4 is 17.6 Å². The van der Waals surface area contributed by atoms with Gasteiger partial charge >= 0.3 is 0 Å². The first-order chi connectivity index (χ1) is 11.9. The predicted molar refractivity (Wildman–Crippen MR) is 104 cm³/mol. The molecule has 1 saturated heterocycles. The molecule has 1 fully saturated rings. The number of carbonyl (C=O) groups is 1. The highest BCUT2D eigenvalue weighted by Crippen LogP contribution is 2.19. The van der Waals surface area contributed by atoms with Crippen LogP contribution in [-0.2, 0) is 4.79 Å². The van der Waals surface area contributed by atoms with E-state index in [-0.39, 0.29) is 11.9 Å². The van der Waals surface area contributed by atoms with Gasteiger partial charge in [-0.25, -0.2) is 0 Å². The van der Waals surface area contributed by atoms with E-state index >= 15 is 0 Å². The van der Waals surface area contributed by atoms with Crippen molar-refractivity contribution in [2.24, 2.45) is 10.7 Å². The van der Waals surface area contributed by atoms with Gasteiger partial charge in [-0.05, 0) is 62.9 Å². The Hall–Kier alpha value is -2.08. The van der Waals surface area contributed by atoms with Crippen molar-refractivity contribution in [2.45, 2.75) is 39.2 Å². The fraction of sp³-hybridized carbons (Fsp3) is 0.579. The minimum Gasteiger partial charge on any atom is -0.370 e. The van der Waals surface area contributed by atoms with Crippen molar-refractivity contribution < 1.29 is 4.79 Å². The first-order valence-corrected chi connectivity index (χ1v) is 8.98. The third kappa shape index (κ3) is 5.46. The summed E-state index contributed by atoms with van der Waals surface area (Å²) in [6.07, 6.45) is 2.94. The Morgan fingerprint density at radius 1 is 1.36 bits per heavy atom. The molecule has 0 saturated carbocycles. The first kappa shape index (κ1) is 19.2. The van der Waals surface area contributed by atoms with Crippen LogP contribution in [0.25, 0.3) is 0 Å². The summed E-state index contributed by atoms with van der Waals surface area (Å²) in [7, 11) is 3.64. The van der Waals surface area contributed by atoms with Crippen LogP contribution in [0.1, 0.15) is 30.4 Å². The van der Waals surface area contributed by atoms with Crippen molar-refractivity contribution in [2.75, 3.05) is 39.0 Å². The highest BCUT2D eigenvalue weighted by molar-refractivity contribution is 5.92. The summed E-state index contributed by atoms with van der Waals surface area (Å²) in [5.74, 6) is 0.641. The number of carbonyl (C=O) groups excluding carboxylic acids is 1. The van der Waals surface area contributed by atoms with Crippen LogP contribution in [0.3, 0.4) is 0 Å². The van der Waals surface area contributed by atoms with E-state index in [2.05, 4.69) is 41.2 Å². The molecule has 1 amide bonds. The number of aryl methyl sites for hydroxylation is 2. The summed E-state index contributed by atoms with van der Waals surface area (Å²) >= 11 is 0. The fourth-order valence-corrected chi connectivity index (χ4v) is 3.15. The second-order valence-corrected chi connectivity index (χ2v) is 6.97. The summed E-state index contributed by atoms with van der Waals surface area (Å²) in [5, 5.41) is 3.13. The molecule has 0 bridgehead atoms. The van der Waals surface area contributed by atoms with Gasteiger partial charge in [0.05, 0.1) is 6.04 Å². The largest absolute Gasteiger partial charge is 0.370 e. The van der Waals surface area contributed by atoms with Crippen molar-refractivity contribution in [1.29, 1.82) is 0 Å². The van der Waals surface area contributed by atoms with Crippen molar-refractivity contribution in [3.8, 4) is 0 Å². The topological polar surface area (TPSA) is 74.0 Å². The monoisotopic (exact) mass is 345 g/mol. The Kier molecular flexibility index (Phi) is 6.82. The molecule has 0 aliphatic carbocycles. The molecule has 1 aliphatic heterocycles. The van der Waals surface area contributed by atoms with Gasteiger partial charge in [-0.1, -0.05) is 6.07 Å². The Bertz CT molecular complexity index is 626. The molecule has 0 radical (unpaired) electrons. The molecule has 1 heterocycles. The number of amides is 1. The average Bonchev–Trinajstić information content (AvgIpc) is 3.02. The van der Waals surface area contributed by atoms with E-state index in [1.54, 1.807) is 4.90 Å². The number of guanidine groups is 1. The third-order valence-electron chi connectivity index (χ3n) is 4.75. The van der Waals surface area contributed by atoms with Crippen LogP contribution in [0, 0.1) is 13.8 Å². The number of nitrogens with two attached hydrogens (primary N) is 1. The zero-order valence-electron chi connectivity index (χ0n) is 15.9. The smallest absolute Gasteiger partial charge is 0.239 e. The maximum Gasteiger partial charge on any atom is 0.239 e. The average molecular weight is 345 g/mol. The van der Waals surface area contributed by atoms with Gasteiger partial charge in [0, 0.05) is 32.9 Å². The van der Waals surface area contributed by atoms with E-state index in [4.69, 9.17) is 5.73 Å². The van der Waals surface area contributed by atoms with Crippen LogP contribution in [0.2, 0.25) is 0 Å². The van der Waals surface area contributed by atoms with E-state index in [1.807, 2.05) is 20.2 Å². The number of nitrogens with one attached hydrogen (secondary N) is 1. The minimum absolute atomic E-state index is 0.0324. The SMILES string of the molecule is Cc1ccc(NC(N)=NCCCN2CCCC2C(=O)N(C)C)cc1C. The van der Waals surface area contributed by atoms with Crippen molar-refractivity contribution in [3.63, 3.8) is 0 Å². The number of hydrogen-bond donors (Lipinski definition) is 2. The first-order valence-electron chi connectivity index (χ1n) is 8.98. The van der Waals surface area contributed by atoms with Gasteiger partial charge in [0.1, 0.15) is 0 Å². The number of nitrogens with zero attached hydrogens (tertiary/aromatic N) is 3. The van der Waals surface area contributed by atoms with E-state index in [9.17, 15) is 4.79 Å². The lowest BCUT2D eigenvalue weighted by atomic mass is 10.1. The summed E-state index contributed by atoms with van der Waals surface area (Å²) in [5.41, 5.74) is 9.41. The molecular formula is C19H31N5O. The normalized spacial score (nSPS) is 18.4. The Balaban J connectivity index is 1.78. The van der Waals surface area contributed by atoms with E-state index in [0.717, 1.165) is 38.0 Å². The summed E-state index contributed by atoms with van der Waals surface area (Å²) in [6, 6.07) is 6.18. The number of likely N-dealkylation sites (tertiary alicyclic amines) is 1. The lowest BCUT2D eigenvalue weighted by Gasteiger charge is -2.25. The number of hydrogen-bond acceptors (Lipinski definition) is 3. The van der Waals surface area contributed by atoms with Crippen LogP contribution >= 0.6 is 0 Å². The van der Waals surface area contributed by atoms with Crippen molar-refractivity contribution in [1.82, 2.24) is 9.80 Å². The van der Waals surface area contributed by atoms with E-state index < -0.39 is 0 Å². The van der Waals surface area contributed by atoms with Crippen LogP contribution in [0.15, 0.2) is 23.2 Å². The van der Waals surface area contributed by atoms with Gasteiger partial charge in [-0.2, -0.15) is 0 Å². The Morgan fingerprint density at radius 2 is 2.12 bits per heavy atom. The minimum atomic E-state index is 0.0324. The molecule has 1 unspecified atom stereocenters. The molecule has 3 N–H and O–H groups in total. The number of benzene rings is 1. The van der Waals surface area contributed by atoms with Gasteiger partial charge in [0.2, 0.25) is 5.91 Å². The van der Waals surface area contributed by atoms with Gasteiger partial charge < -0.3 is 16.0 Å². The maximum atomic E-state index is 12.2. The molecule has 0 spiro atoms. The molecule has 25 heavy (non-hydrogen) atoms. The molecule has 138 valence electrons. The lowest BCUT2D eigenvalue weighted by Crippen LogP contribution is -2.43. The zero-order chi connectivity index (χ0) is 18.4. The molecule has 1 aliphatic rings. The number of rotatable bonds is 6. The van der Waals surface area contributed by atoms with Gasteiger partial charge in [-0.15, -0.1) is 0 Å². The van der Waals surface area contributed by atoms with Crippen LogP contribution in [-0.4, -0.2) is 61.4 Å². The second-order valence-electron chi connectivity index (χ2n) is 6.97. The fourth-order valence-electron chi connectivity index (χ4n) is 3.15. The number of aliphatic imine (C=N–C) groups is 1. The summed E-state index contributed by atoms with van der Waals surface area (Å²) in [6.45, 7) is 6.69. The van der Waals surface area contributed by atoms with Gasteiger partial charge in [-0.3, -0.25) is 14.7 Å². The van der Waals surface area contributed by atoms with Crippen LogP contribution in [0.5, 0.6) is 0 Å². The standard InChI is InChI=1S/C19H31N5O/c1-14-8-9-16(13-15(14)2)22-19(20)21-10-6-12-24-11-5-7-17(24)18(25)23(3)4/h8-9,13,17H,5-7,10-12H2,1-4H3,(H3,20,21,22). The van der Waals surface area contributed by atoms with E-state index in [1.165, 1.54) is 11.1 Å². The summed E-state index contributed by atoms with van der Waals surface area (Å²) < 4.78 is 0. The summed E-state index contributed by atoms with van der Waals surface area (Å²) in [4.78, 5) is 20.5. The number of likely N-dealkylation sites (N-methyl/N-ethyl adjacent to an activating group) is 1. The Labute approximate surface area is 151 Å². The zero-order valence-corrected chi connectivity index (χ0v) is 15.9. The quantitative estimate of drug-likeness (QED) is 0.470. The number of anilines is 1. The highest BCUT2D eigenvalue weighted by atomic mass is 16.2. The molecule has 0 aromatic heterocycles. The third-order valence-corrected chi connectivity index (χ3v) is 4.75. The van der Waals surface area contributed by atoms with Crippen LogP contribution in [0.4, 0.5) is 5.69 Å². The lowest BCUT2D eigenvalue weighted by molar-refractivity contribution is -0.133. The molecule has 1 aromatic rings. The van der Waals surface area contributed by atoms with Gasteiger partial charge in [0.25, 0.3) is 0 Å². The van der Waals surface area contributed by atoms with Crippen molar-refractivity contribution in [3.05, 3.63) is 29.3 Å². The second kappa shape index (κ2) is 8.85. The Morgan fingerprint density at radius 3 is 2.80 bits per heavy atom. The highest BCUT2D eigenvalue weighted by Gasteiger charge is 2.30. The molecular weight excluding hydrogens is 314 g/mol. The van der Waals surface area contributed by atoms with Gasteiger partial charge in [0.15, 0.2) is 5.96 Å². The molecule has 2 rings (SSSR count). The predicted octanol–water partition coefficient (Wildman–Crippen LogP) is 1.97. The molecule has 6 nitrogen and oxygen atoms in total. The molecule has 6 heteroatoms.